The zero-order valence-corrected chi connectivity index (χ0v) is 19.9. The number of nitrogens with zero attached hydrogens (tertiary/aromatic N) is 3. The average Bonchev–Trinajstić information content (AvgIpc) is 2.91. The minimum Gasteiger partial charge on any atom is -0.329 e. The minimum absolute atomic E-state index is 0.0767. The van der Waals surface area contributed by atoms with Crippen LogP contribution in [0.25, 0.3) is 27.4 Å². The smallest absolute Gasteiger partial charge is 0.266 e. The summed E-state index contributed by atoms with van der Waals surface area (Å²) >= 11 is 0. The molecule has 174 valence electrons. The Kier molecular flexibility index (Phi) is 6.15. The summed E-state index contributed by atoms with van der Waals surface area (Å²) in [4.78, 5) is 34.3. The summed E-state index contributed by atoms with van der Waals surface area (Å²) in [5.41, 5.74) is 1.86. The fourth-order valence-electron chi connectivity index (χ4n) is 4.74. The third kappa shape index (κ3) is 4.10. The largest absolute Gasteiger partial charge is 0.329 e. The van der Waals surface area contributed by atoms with Crippen molar-refractivity contribution in [2.24, 2.45) is 0 Å². The highest BCUT2D eigenvalue weighted by Gasteiger charge is 2.28. The van der Waals surface area contributed by atoms with Gasteiger partial charge < -0.3 is 4.90 Å². The topological polar surface area (TPSA) is 55.2 Å². The van der Waals surface area contributed by atoms with E-state index in [2.05, 4.69) is 0 Å². The zero-order chi connectivity index (χ0) is 24.4. The van der Waals surface area contributed by atoms with Crippen molar-refractivity contribution in [1.82, 2.24) is 14.5 Å². The van der Waals surface area contributed by atoms with Crippen LogP contribution in [0, 0.1) is 0 Å². The third-order valence-electron chi connectivity index (χ3n) is 6.47. The highest BCUT2D eigenvalue weighted by Crippen LogP contribution is 2.28. The normalized spacial score (nSPS) is 12.1. The summed E-state index contributed by atoms with van der Waals surface area (Å²) in [5, 5.41) is 2.67. The molecule has 35 heavy (non-hydrogen) atoms. The number of rotatable bonds is 6. The molecule has 0 fully saturated rings. The van der Waals surface area contributed by atoms with Gasteiger partial charge in [-0.1, -0.05) is 67.6 Å². The Bertz CT molecular complexity index is 1570. The molecule has 1 amide bonds. The molecule has 5 aromatic rings. The van der Waals surface area contributed by atoms with Crippen molar-refractivity contribution < 1.29 is 4.79 Å². The van der Waals surface area contributed by atoms with Gasteiger partial charge >= 0.3 is 0 Å². The van der Waals surface area contributed by atoms with Crippen LogP contribution in [-0.4, -0.2) is 26.9 Å². The van der Waals surface area contributed by atoms with Crippen LogP contribution in [0.4, 0.5) is 0 Å². The molecule has 0 saturated carbocycles. The van der Waals surface area contributed by atoms with E-state index in [1.807, 2.05) is 110 Å². The molecule has 0 aliphatic rings. The molecule has 0 aliphatic carbocycles. The molecule has 1 heterocycles. The van der Waals surface area contributed by atoms with Gasteiger partial charge in [-0.2, -0.15) is 0 Å². The zero-order valence-electron chi connectivity index (χ0n) is 19.9. The van der Waals surface area contributed by atoms with Gasteiger partial charge in [0.25, 0.3) is 11.5 Å². The lowest BCUT2D eigenvalue weighted by molar-refractivity contribution is 0.0672. The summed E-state index contributed by atoms with van der Waals surface area (Å²) in [5.74, 6) is 0.491. The average molecular weight is 462 g/mol. The van der Waals surface area contributed by atoms with E-state index in [0.29, 0.717) is 35.3 Å². The second-order valence-corrected chi connectivity index (χ2v) is 8.54. The summed E-state index contributed by atoms with van der Waals surface area (Å²) in [6.45, 7) is 4.48. The van der Waals surface area contributed by atoms with Crippen molar-refractivity contribution in [3.05, 3.63) is 119 Å². The Morgan fingerprint density at radius 2 is 1.54 bits per heavy atom. The van der Waals surface area contributed by atoms with Gasteiger partial charge in [-0.05, 0) is 60.5 Å². The van der Waals surface area contributed by atoms with Gasteiger partial charge in [-0.15, -0.1) is 0 Å². The van der Waals surface area contributed by atoms with Crippen LogP contribution >= 0.6 is 0 Å². The fraction of sp³-hybridized carbons (Fsp3) is 0.167. The van der Waals surface area contributed by atoms with Crippen molar-refractivity contribution in [1.29, 1.82) is 0 Å². The highest BCUT2D eigenvalue weighted by molar-refractivity contribution is 5.98. The molecule has 0 spiro atoms. The van der Waals surface area contributed by atoms with E-state index in [9.17, 15) is 9.59 Å². The Morgan fingerprint density at radius 3 is 2.29 bits per heavy atom. The first-order valence-corrected chi connectivity index (χ1v) is 12.0. The standard InChI is InChI=1S/C30H27N3O2/c1-3-27(32(4-2)29(34)23-19-18-21-12-8-9-13-22(21)20-23)28-31-26-17-11-10-16-25(26)30(35)33(28)24-14-6-5-7-15-24/h5-20,27H,3-4H2,1-2H3. The van der Waals surface area contributed by atoms with Gasteiger partial charge in [-0.25, -0.2) is 4.98 Å². The Morgan fingerprint density at radius 1 is 0.857 bits per heavy atom. The lowest BCUT2D eigenvalue weighted by Gasteiger charge is -2.31. The van der Waals surface area contributed by atoms with E-state index < -0.39 is 0 Å². The monoisotopic (exact) mass is 461 g/mol. The van der Waals surface area contributed by atoms with Crippen LogP contribution in [0.3, 0.4) is 0 Å². The van der Waals surface area contributed by atoms with E-state index in [4.69, 9.17) is 4.98 Å². The number of amides is 1. The second kappa shape index (κ2) is 9.55. The summed E-state index contributed by atoms with van der Waals surface area (Å²) in [7, 11) is 0. The molecule has 1 atom stereocenters. The van der Waals surface area contributed by atoms with E-state index in [1.165, 1.54) is 0 Å². The van der Waals surface area contributed by atoms with Gasteiger partial charge in [0.05, 0.1) is 22.6 Å². The Hall–Kier alpha value is -4.25. The van der Waals surface area contributed by atoms with Crippen molar-refractivity contribution >= 4 is 27.6 Å². The summed E-state index contributed by atoms with van der Waals surface area (Å²) in [6, 6.07) is 30.3. The minimum atomic E-state index is -0.378. The molecular weight excluding hydrogens is 434 g/mol. The van der Waals surface area contributed by atoms with Crippen molar-refractivity contribution in [3.8, 4) is 5.69 Å². The van der Waals surface area contributed by atoms with Crippen molar-refractivity contribution in [2.75, 3.05) is 6.54 Å². The van der Waals surface area contributed by atoms with Gasteiger partial charge in [0, 0.05) is 12.1 Å². The maximum atomic E-state index is 13.8. The molecule has 0 aliphatic heterocycles. The molecule has 5 nitrogen and oxygen atoms in total. The molecule has 0 bridgehead atoms. The molecular formula is C30H27N3O2. The molecule has 1 aromatic heterocycles. The number of carbonyl (C=O) groups excluding carboxylic acids is 1. The molecule has 0 N–H and O–H groups in total. The molecule has 5 rings (SSSR count). The summed E-state index contributed by atoms with van der Waals surface area (Å²) < 4.78 is 1.66. The number of benzene rings is 4. The van der Waals surface area contributed by atoms with E-state index in [1.54, 1.807) is 10.6 Å². The number of fused-ring (bicyclic) bond motifs is 2. The Labute approximate surface area is 204 Å². The van der Waals surface area contributed by atoms with Gasteiger partial charge in [0.2, 0.25) is 0 Å². The second-order valence-electron chi connectivity index (χ2n) is 8.54. The van der Waals surface area contributed by atoms with Crippen molar-refractivity contribution in [3.63, 3.8) is 0 Å². The van der Waals surface area contributed by atoms with Gasteiger partial charge in [0.15, 0.2) is 0 Å². The first-order chi connectivity index (χ1) is 17.1. The van der Waals surface area contributed by atoms with Crippen LogP contribution < -0.4 is 5.56 Å². The van der Waals surface area contributed by atoms with Crippen LogP contribution in [0.5, 0.6) is 0 Å². The van der Waals surface area contributed by atoms with Gasteiger partial charge in [-0.3, -0.25) is 14.2 Å². The predicted octanol–water partition coefficient (Wildman–Crippen LogP) is 6.15. The number of para-hydroxylation sites is 2. The van der Waals surface area contributed by atoms with Crippen molar-refractivity contribution in [2.45, 2.75) is 26.3 Å². The highest BCUT2D eigenvalue weighted by atomic mass is 16.2. The van der Waals surface area contributed by atoms with E-state index in [0.717, 1.165) is 16.5 Å². The lowest BCUT2D eigenvalue weighted by Crippen LogP contribution is -2.38. The number of hydrogen-bond acceptors (Lipinski definition) is 3. The number of hydrogen-bond donors (Lipinski definition) is 0. The molecule has 0 saturated heterocycles. The molecule has 4 aromatic carbocycles. The first kappa shape index (κ1) is 22.5. The maximum absolute atomic E-state index is 13.8. The lowest BCUT2D eigenvalue weighted by atomic mass is 10.0. The number of aromatic nitrogens is 2. The first-order valence-electron chi connectivity index (χ1n) is 12.0. The predicted molar refractivity (Wildman–Crippen MR) is 141 cm³/mol. The third-order valence-corrected chi connectivity index (χ3v) is 6.47. The molecule has 5 heteroatoms. The van der Waals surface area contributed by atoms with E-state index >= 15 is 0 Å². The Balaban J connectivity index is 1.67. The molecule has 0 radical (unpaired) electrons. The van der Waals surface area contributed by atoms with Crippen LogP contribution in [0.1, 0.15) is 42.5 Å². The van der Waals surface area contributed by atoms with E-state index in [-0.39, 0.29) is 17.5 Å². The maximum Gasteiger partial charge on any atom is 0.266 e. The van der Waals surface area contributed by atoms with Crippen LogP contribution in [0.2, 0.25) is 0 Å². The summed E-state index contributed by atoms with van der Waals surface area (Å²) in [6.07, 6.45) is 0.616. The SMILES string of the molecule is CCC(c1nc2ccccc2c(=O)n1-c1ccccc1)N(CC)C(=O)c1ccc2ccccc2c1. The number of carbonyl (C=O) groups is 1. The van der Waals surface area contributed by atoms with Crippen LogP contribution in [-0.2, 0) is 0 Å². The quantitative estimate of drug-likeness (QED) is 0.305. The van der Waals surface area contributed by atoms with Crippen LogP contribution in [0.15, 0.2) is 102 Å². The molecule has 1 unspecified atom stereocenters. The van der Waals surface area contributed by atoms with Gasteiger partial charge in [0.1, 0.15) is 5.82 Å². The fourth-order valence-corrected chi connectivity index (χ4v) is 4.74.